The van der Waals surface area contributed by atoms with Crippen molar-refractivity contribution in [1.82, 2.24) is 0 Å². The van der Waals surface area contributed by atoms with Crippen molar-refractivity contribution in [3.05, 3.63) is 100 Å². The molecule has 170 valence electrons. The minimum atomic E-state index is -1.19. The number of nitro groups is 1. The van der Waals surface area contributed by atoms with Crippen molar-refractivity contribution in [2.24, 2.45) is 5.92 Å². The molecule has 10 nitrogen and oxygen atoms in total. The van der Waals surface area contributed by atoms with Crippen LogP contribution in [0.15, 0.2) is 78.9 Å². The Hall–Kier alpha value is -4.57. The molecule has 3 aromatic carbocycles. The van der Waals surface area contributed by atoms with E-state index in [1.54, 1.807) is 48.5 Å². The molecule has 2 saturated heterocycles. The number of rotatable bonds is 5. The van der Waals surface area contributed by atoms with Gasteiger partial charge in [-0.2, -0.15) is 0 Å². The topological polar surface area (TPSA) is 130 Å². The average molecular weight is 459 g/mol. The molecule has 10 heteroatoms. The van der Waals surface area contributed by atoms with E-state index in [1.165, 1.54) is 35.4 Å². The lowest BCUT2D eigenvalue weighted by molar-refractivity contribution is -0.384. The monoisotopic (exact) mass is 459 g/mol. The summed E-state index contributed by atoms with van der Waals surface area (Å²) in [5, 5.41) is 22.1. The number of carboxylic acid groups (broad SMARTS) is 1. The second-order valence-electron chi connectivity index (χ2n) is 7.84. The lowest BCUT2D eigenvalue weighted by Gasteiger charge is -2.29. The Kier molecular flexibility index (Phi) is 5.06. The molecule has 3 aromatic rings. The number of imide groups is 1. The van der Waals surface area contributed by atoms with Gasteiger partial charge in [-0.25, -0.2) is 14.8 Å². The molecule has 1 N–H and O–H groups in total. The van der Waals surface area contributed by atoms with Gasteiger partial charge in [-0.15, -0.1) is 0 Å². The van der Waals surface area contributed by atoms with E-state index < -0.39 is 40.8 Å². The van der Waals surface area contributed by atoms with Crippen LogP contribution in [0.25, 0.3) is 0 Å². The molecular formula is C24H17N3O7. The molecule has 0 unspecified atom stereocenters. The predicted octanol–water partition coefficient (Wildman–Crippen LogP) is 3.34. The smallest absolute Gasteiger partial charge is 0.336 e. The van der Waals surface area contributed by atoms with Gasteiger partial charge in [-0.05, 0) is 35.9 Å². The quantitative estimate of drug-likeness (QED) is 0.349. The number of carboxylic acids is 1. The zero-order chi connectivity index (χ0) is 24.0. The summed E-state index contributed by atoms with van der Waals surface area (Å²) in [6.07, 6.45) is -1.19. The van der Waals surface area contributed by atoms with Crippen LogP contribution in [0.3, 0.4) is 0 Å². The number of aromatic carboxylic acids is 1. The van der Waals surface area contributed by atoms with Gasteiger partial charge in [0.05, 0.1) is 27.9 Å². The zero-order valence-corrected chi connectivity index (χ0v) is 17.5. The van der Waals surface area contributed by atoms with E-state index in [9.17, 15) is 29.6 Å². The number of amides is 2. The Morgan fingerprint density at radius 2 is 1.53 bits per heavy atom. The molecule has 5 rings (SSSR count). The third kappa shape index (κ3) is 3.28. The molecular weight excluding hydrogens is 442 g/mol. The summed E-state index contributed by atoms with van der Waals surface area (Å²) in [7, 11) is 0. The van der Waals surface area contributed by atoms with E-state index >= 15 is 0 Å². The first kappa shape index (κ1) is 21.3. The lowest BCUT2D eigenvalue weighted by atomic mass is 9.88. The predicted molar refractivity (Wildman–Crippen MR) is 119 cm³/mol. The fourth-order valence-corrected chi connectivity index (χ4v) is 4.46. The summed E-state index contributed by atoms with van der Waals surface area (Å²) in [5.74, 6) is -3.40. The number of benzene rings is 3. The number of nitrogens with zero attached hydrogens (tertiary/aromatic N) is 3. The molecule has 2 aliphatic rings. The molecule has 2 fully saturated rings. The van der Waals surface area contributed by atoms with Crippen molar-refractivity contribution in [2.75, 3.05) is 9.96 Å². The molecule has 0 radical (unpaired) electrons. The normalized spacial score (nSPS) is 21.6. The standard InChI is InChI=1S/C24H17N3O7/c28-22-19-20(17-8-4-5-9-18(17)24(30)31)26(15-6-2-1-3-7-15)34-21(19)23(29)25(22)14-10-12-16(13-11-14)27(32)33/h1-13,19-21H,(H,30,31)/t19-,20-,21+/m1/s1. The molecule has 2 aliphatic heterocycles. The first-order chi connectivity index (χ1) is 16.4. The summed E-state index contributed by atoms with van der Waals surface area (Å²) in [6.45, 7) is 0. The highest BCUT2D eigenvalue weighted by Crippen LogP contribution is 2.48. The van der Waals surface area contributed by atoms with Crippen molar-refractivity contribution in [3.63, 3.8) is 0 Å². The van der Waals surface area contributed by atoms with Crippen LogP contribution in [0, 0.1) is 16.0 Å². The number of fused-ring (bicyclic) bond motifs is 1. The van der Waals surface area contributed by atoms with Gasteiger partial charge in [0.15, 0.2) is 6.10 Å². The zero-order valence-electron chi connectivity index (χ0n) is 17.5. The highest BCUT2D eigenvalue weighted by Gasteiger charge is 2.60. The van der Waals surface area contributed by atoms with Crippen molar-refractivity contribution >= 4 is 34.8 Å². The summed E-state index contributed by atoms with van der Waals surface area (Å²) in [5.41, 5.74) is 0.882. The Labute approximate surface area is 192 Å². The number of carbonyl (C=O) groups is 3. The first-order valence-corrected chi connectivity index (χ1v) is 10.3. The average Bonchev–Trinajstić information content (AvgIpc) is 3.35. The van der Waals surface area contributed by atoms with E-state index in [-0.39, 0.29) is 16.9 Å². The van der Waals surface area contributed by atoms with E-state index in [0.29, 0.717) is 11.3 Å². The van der Waals surface area contributed by atoms with Gasteiger partial charge in [0.1, 0.15) is 5.92 Å². The number of para-hydroxylation sites is 1. The first-order valence-electron chi connectivity index (χ1n) is 10.3. The molecule has 0 saturated carbocycles. The number of hydroxylamine groups is 1. The van der Waals surface area contributed by atoms with Crippen LogP contribution in [0.2, 0.25) is 0 Å². The second kappa shape index (κ2) is 8.09. The highest BCUT2D eigenvalue weighted by molar-refractivity contribution is 6.24. The van der Waals surface area contributed by atoms with Crippen molar-refractivity contribution in [3.8, 4) is 0 Å². The number of carbonyl (C=O) groups excluding carboxylic acids is 2. The second-order valence-corrected chi connectivity index (χ2v) is 7.84. The highest BCUT2D eigenvalue weighted by atomic mass is 16.7. The van der Waals surface area contributed by atoms with Gasteiger partial charge in [0, 0.05) is 12.1 Å². The molecule has 0 bridgehead atoms. The maximum atomic E-state index is 13.6. The minimum absolute atomic E-state index is 0.00767. The van der Waals surface area contributed by atoms with Crippen LogP contribution in [0.4, 0.5) is 17.1 Å². The van der Waals surface area contributed by atoms with Gasteiger partial charge in [-0.1, -0.05) is 36.4 Å². The van der Waals surface area contributed by atoms with Crippen LogP contribution in [-0.4, -0.2) is 33.9 Å². The number of hydrogen-bond donors (Lipinski definition) is 1. The minimum Gasteiger partial charge on any atom is -0.478 e. The fourth-order valence-electron chi connectivity index (χ4n) is 4.46. The van der Waals surface area contributed by atoms with Gasteiger partial charge in [0.2, 0.25) is 5.91 Å². The Morgan fingerprint density at radius 3 is 2.18 bits per heavy atom. The lowest BCUT2D eigenvalue weighted by Crippen LogP contribution is -2.37. The Morgan fingerprint density at radius 1 is 0.882 bits per heavy atom. The maximum absolute atomic E-state index is 13.6. The molecule has 0 spiro atoms. The SMILES string of the molecule is O=C(O)c1ccccc1[C@@H]1[C@H]2C(=O)N(c3ccc([N+](=O)[O-])cc3)C(=O)[C@H]2ON1c1ccccc1. The number of anilines is 2. The van der Waals surface area contributed by atoms with Crippen molar-refractivity contribution in [2.45, 2.75) is 12.1 Å². The van der Waals surface area contributed by atoms with Crippen molar-refractivity contribution < 1.29 is 29.3 Å². The molecule has 3 atom stereocenters. The Balaban J connectivity index is 1.60. The molecule has 0 aliphatic carbocycles. The third-order valence-corrected chi connectivity index (χ3v) is 5.95. The van der Waals surface area contributed by atoms with Crippen LogP contribution in [-0.2, 0) is 14.4 Å². The molecule has 0 aromatic heterocycles. The van der Waals surface area contributed by atoms with E-state index in [2.05, 4.69) is 0 Å². The summed E-state index contributed by atoms with van der Waals surface area (Å²) in [4.78, 5) is 56.1. The molecule has 2 heterocycles. The van der Waals surface area contributed by atoms with Crippen LogP contribution in [0.5, 0.6) is 0 Å². The van der Waals surface area contributed by atoms with Crippen LogP contribution in [0.1, 0.15) is 22.0 Å². The van der Waals surface area contributed by atoms with Gasteiger partial charge in [-0.3, -0.25) is 24.5 Å². The van der Waals surface area contributed by atoms with Gasteiger partial charge in [0.25, 0.3) is 11.6 Å². The summed E-state index contributed by atoms with van der Waals surface area (Å²) < 4.78 is 0. The summed E-state index contributed by atoms with van der Waals surface area (Å²) >= 11 is 0. The third-order valence-electron chi connectivity index (χ3n) is 5.95. The number of non-ortho nitro benzene ring substituents is 1. The molecule has 34 heavy (non-hydrogen) atoms. The van der Waals surface area contributed by atoms with Crippen LogP contribution < -0.4 is 9.96 Å². The van der Waals surface area contributed by atoms with E-state index in [1.807, 2.05) is 0 Å². The van der Waals surface area contributed by atoms with E-state index in [4.69, 9.17) is 4.84 Å². The Bertz CT molecular complexity index is 1310. The van der Waals surface area contributed by atoms with Crippen molar-refractivity contribution in [1.29, 1.82) is 0 Å². The number of nitro benzene ring substituents is 1. The molecule has 2 amide bonds. The van der Waals surface area contributed by atoms with Gasteiger partial charge < -0.3 is 5.11 Å². The fraction of sp³-hybridized carbons (Fsp3) is 0.125. The largest absolute Gasteiger partial charge is 0.478 e. The van der Waals surface area contributed by atoms with Crippen LogP contribution >= 0.6 is 0 Å². The number of hydrogen-bond acceptors (Lipinski definition) is 7. The maximum Gasteiger partial charge on any atom is 0.336 e. The van der Waals surface area contributed by atoms with Gasteiger partial charge >= 0.3 is 5.97 Å². The van der Waals surface area contributed by atoms with E-state index in [0.717, 1.165) is 4.90 Å². The summed E-state index contributed by atoms with van der Waals surface area (Å²) in [6, 6.07) is 19.2.